The van der Waals surface area contributed by atoms with Crippen molar-refractivity contribution in [2.75, 3.05) is 0 Å². The van der Waals surface area contributed by atoms with Crippen molar-refractivity contribution in [3.63, 3.8) is 0 Å². The van der Waals surface area contributed by atoms with Crippen molar-refractivity contribution < 1.29 is 9.18 Å². The third-order valence-electron chi connectivity index (χ3n) is 5.20. The van der Waals surface area contributed by atoms with E-state index in [-0.39, 0.29) is 17.8 Å². The molecule has 0 spiro atoms. The van der Waals surface area contributed by atoms with E-state index in [1.165, 1.54) is 23.9 Å². The number of carbonyl (C=O) groups excluding carboxylic acids is 1. The Kier molecular flexibility index (Phi) is 7.14. The van der Waals surface area contributed by atoms with Gasteiger partial charge in [0.15, 0.2) is 11.0 Å². The number of nitrogens with zero attached hydrogens (tertiary/aromatic N) is 4. The fraction of sp³-hybridized carbons (Fsp3) is 0.200. The van der Waals surface area contributed by atoms with Gasteiger partial charge in [0.2, 0.25) is 5.91 Å². The number of hydrogen-bond donors (Lipinski definition) is 1. The Morgan fingerprint density at radius 2 is 1.79 bits per heavy atom. The Morgan fingerprint density at radius 3 is 2.48 bits per heavy atom. The lowest BCUT2D eigenvalue weighted by Gasteiger charge is -2.18. The molecule has 2 aromatic heterocycles. The van der Waals surface area contributed by atoms with E-state index in [2.05, 4.69) is 20.5 Å². The molecule has 4 aromatic rings. The highest BCUT2D eigenvalue weighted by atomic mass is 32.2. The molecular formula is C25H24FN5OS. The summed E-state index contributed by atoms with van der Waals surface area (Å²) in [6.45, 7) is 4.28. The summed E-state index contributed by atoms with van der Waals surface area (Å²) < 4.78 is 15.2. The summed E-state index contributed by atoms with van der Waals surface area (Å²) in [6, 6.07) is 19.7. The maximum Gasteiger partial charge on any atom is 0.233 e. The molecule has 2 heterocycles. The molecule has 2 atom stereocenters. The molecule has 0 aliphatic carbocycles. The minimum Gasteiger partial charge on any atom is -0.349 e. The summed E-state index contributed by atoms with van der Waals surface area (Å²) in [5, 5.41) is 12.0. The number of amides is 1. The molecule has 1 N–H and O–H groups in total. The minimum absolute atomic E-state index is 0.131. The Bertz CT molecular complexity index is 1200. The van der Waals surface area contributed by atoms with Gasteiger partial charge in [0.25, 0.3) is 0 Å². The predicted molar refractivity (Wildman–Crippen MR) is 127 cm³/mol. The Labute approximate surface area is 196 Å². The van der Waals surface area contributed by atoms with Gasteiger partial charge in [0.05, 0.1) is 17.8 Å². The molecule has 1 amide bonds. The average molecular weight is 462 g/mol. The number of pyridine rings is 1. The third-order valence-corrected chi connectivity index (χ3v) is 6.28. The molecule has 0 fully saturated rings. The molecule has 8 heteroatoms. The second-order valence-corrected chi connectivity index (χ2v) is 8.97. The number of nitrogens with one attached hydrogen (secondary N) is 1. The second-order valence-electron chi connectivity index (χ2n) is 7.66. The molecule has 2 aromatic carbocycles. The highest BCUT2D eigenvalue weighted by Crippen LogP contribution is 2.28. The van der Waals surface area contributed by atoms with E-state index >= 15 is 0 Å². The van der Waals surface area contributed by atoms with E-state index in [0.717, 1.165) is 16.7 Å². The van der Waals surface area contributed by atoms with Crippen molar-refractivity contribution in [1.29, 1.82) is 0 Å². The van der Waals surface area contributed by atoms with Crippen LogP contribution in [0.3, 0.4) is 0 Å². The van der Waals surface area contributed by atoms with Gasteiger partial charge < -0.3 is 5.32 Å². The van der Waals surface area contributed by atoms with Gasteiger partial charge in [-0.1, -0.05) is 54.2 Å². The zero-order chi connectivity index (χ0) is 23.2. The average Bonchev–Trinajstić information content (AvgIpc) is 3.22. The van der Waals surface area contributed by atoms with Gasteiger partial charge in [0.1, 0.15) is 5.82 Å². The zero-order valence-electron chi connectivity index (χ0n) is 18.4. The van der Waals surface area contributed by atoms with Crippen LogP contribution in [-0.4, -0.2) is 30.9 Å². The monoisotopic (exact) mass is 461 g/mol. The number of aromatic nitrogens is 4. The van der Waals surface area contributed by atoms with Gasteiger partial charge >= 0.3 is 0 Å². The molecule has 0 saturated heterocycles. The number of hydrogen-bond acceptors (Lipinski definition) is 5. The van der Waals surface area contributed by atoms with Crippen molar-refractivity contribution >= 4 is 17.7 Å². The van der Waals surface area contributed by atoms with Crippen LogP contribution in [-0.2, 0) is 11.3 Å². The van der Waals surface area contributed by atoms with Crippen LogP contribution in [0.5, 0.6) is 0 Å². The smallest absolute Gasteiger partial charge is 0.233 e. The lowest BCUT2D eigenvalue weighted by atomic mass is 10.1. The first-order valence-corrected chi connectivity index (χ1v) is 11.5. The number of rotatable bonds is 8. The molecule has 0 aliphatic rings. The number of halogens is 1. The van der Waals surface area contributed by atoms with Gasteiger partial charge in [-0.05, 0) is 49.2 Å². The highest BCUT2D eigenvalue weighted by Gasteiger charge is 2.22. The normalized spacial score (nSPS) is 12.8. The second kappa shape index (κ2) is 10.4. The SMILES string of the molecule is CC(Sc1nnc(-c2cccnc2)n1Cc1ccccc1)C(=O)NC(C)c1ccc(F)cc1. The standard InChI is InChI=1S/C25H24FN5OS/c1-17(20-10-12-22(26)13-11-20)28-24(32)18(2)33-25-30-29-23(21-9-6-14-27-15-21)31(25)16-19-7-4-3-5-8-19/h3-15,17-18H,16H2,1-2H3,(H,28,32). The first-order valence-electron chi connectivity index (χ1n) is 10.6. The van der Waals surface area contributed by atoms with Crippen LogP contribution < -0.4 is 5.32 Å². The molecule has 0 aliphatic heterocycles. The van der Waals surface area contributed by atoms with Crippen LogP contribution in [0.4, 0.5) is 4.39 Å². The molecule has 6 nitrogen and oxygen atoms in total. The molecule has 4 rings (SSSR count). The van der Waals surface area contributed by atoms with Crippen LogP contribution >= 0.6 is 11.8 Å². The number of benzene rings is 2. The first-order chi connectivity index (χ1) is 16.0. The Balaban J connectivity index is 1.53. The van der Waals surface area contributed by atoms with Crippen molar-refractivity contribution in [3.8, 4) is 11.4 Å². The molecule has 33 heavy (non-hydrogen) atoms. The summed E-state index contributed by atoms with van der Waals surface area (Å²) in [6.07, 6.45) is 3.46. The van der Waals surface area contributed by atoms with E-state index in [1.807, 2.05) is 60.9 Å². The van der Waals surface area contributed by atoms with E-state index in [0.29, 0.717) is 17.5 Å². The molecule has 0 saturated carbocycles. The fourth-order valence-electron chi connectivity index (χ4n) is 3.37. The van der Waals surface area contributed by atoms with Gasteiger partial charge in [0, 0.05) is 18.0 Å². The van der Waals surface area contributed by atoms with Crippen molar-refractivity contribution in [1.82, 2.24) is 25.1 Å². The van der Waals surface area contributed by atoms with Gasteiger partial charge in [-0.25, -0.2) is 4.39 Å². The molecule has 0 bridgehead atoms. The number of thioether (sulfide) groups is 1. The minimum atomic E-state index is -0.409. The maximum absolute atomic E-state index is 13.2. The summed E-state index contributed by atoms with van der Waals surface area (Å²) in [7, 11) is 0. The predicted octanol–water partition coefficient (Wildman–Crippen LogP) is 4.89. The lowest BCUT2D eigenvalue weighted by molar-refractivity contribution is -0.120. The third kappa shape index (κ3) is 5.64. The first kappa shape index (κ1) is 22.7. The molecular weight excluding hydrogens is 437 g/mol. The van der Waals surface area contributed by atoms with Crippen LogP contribution in [0.1, 0.15) is 31.0 Å². The number of carbonyl (C=O) groups is 1. The Hall–Kier alpha value is -3.52. The zero-order valence-corrected chi connectivity index (χ0v) is 19.2. The van der Waals surface area contributed by atoms with Gasteiger partial charge in [-0.3, -0.25) is 14.3 Å². The van der Waals surface area contributed by atoms with E-state index in [1.54, 1.807) is 24.5 Å². The molecule has 0 radical (unpaired) electrons. The van der Waals surface area contributed by atoms with Crippen LogP contribution in [0, 0.1) is 5.82 Å². The van der Waals surface area contributed by atoms with Crippen LogP contribution in [0.15, 0.2) is 84.3 Å². The summed E-state index contributed by atoms with van der Waals surface area (Å²) in [4.78, 5) is 17.1. The Morgan fingerprint density at radius 1 is 1.03 bits per heavy atom. The van der Waals surface area contributed by atoms with Crippen molar-refractivity contribution in [2.24, 2.45) is 0 Å². The molecule has 2 unspecified atom stereocenters. The highest BCUT2D eigenvalue weighted by molar-refractivity contribution is 8.00. The largest absolute Gasteiger partial charge is 0.349 e. The van der Waals surface area contributed by atoms with Crippen LogP contribution in [0.25, 0.3) is 11.4 Å². The van der Waals surface area contributed by atoms with Gasteiger partial charge in [-0.2, -0.15) is 0 Å². The van der Waals surface area contributed by atoms with E-state index in [4.69, 9.17) is 0 Å². The van der Waals surface area contributed by atoms with E-state index < -0.39 is 5.25 Å². The molecule has 168 valence electrons. The quantitative estimate of drug-likeness (QED) is 0.379. The fourth-order valence-corrected chi connectivity index (χ4v) is 4.23. The maximum atomic E-state index is 13.2. The summed E-state index contributed by atoms with van der Waals surface area (Å²) in [5.41, 5.74) is 2.80. The van der Waals surface area contributed by atoms with Crippen molar-refractivity contribution in [3.05, 3.63) is 96.1 Å². The topological polar surface area (TPSA) is 72.7 Å². The van der Waals surface area contributed by atoms with Gasteiger partial charge in [-0.15, -0.1) is 10.2 Å². The summed E-state index contributed by atoms with van der Waals surface area (Å²) in [5.74, 6) is 0.263. The summed E-state index contributed by atoms with van der Waals surface area (Å²) >= 11 is 1.35. The van der Waals surface area contributed by atoms with Crippen molar-refractivity contribution in [2.45, 2.75) is 36.8 Å². The van der Waals surface area contributed by atoms with Crippen LogP contribution in [0.2, 0.25) is 0 Å². The van der Waals surface area contributed by atoms with E-state index in [9.17, 15) is 9.18 Å². The lowest BCUT2D eigenvalue weighted by Crippen LogP contribution is -2.33.